The van der Waals surface area contributed by atoms with Gasteiger partial charge in [-0.3, -0.25) is 4.79 Å². The Kier molecular flexibility index (Phi) is 4.95. The first-order valence-electron chi connectivity index (χ1n) is 7.60. The molecule has 7 nitrogen and oxygen atoms in total. The number of benzene rings is 2. The van der Waals surface area contributed by atoms with E-state index in [-0.39, 0.29) is 5.91 Å². The van der Waals surface area contributed by atoms with Crippen LogP contribution in [0.1, 0.15) is 12.5 Å². The number of hydrogen-bond donors (Lipinski definition) is 1. The van der Waals surface area contributed by atoms with Crippen LogP contribution in [0.2, 0.25) is 5.02 Å². The number of carbonyl (C=O) groups is 1. The quantitative estimate of drug-likeness (QED) is 0.759. The molecule has 1 heterocycles. The third-order valence-electron chi connectivity index (χ3n) is 3.65. The number of nitrogens with one attached hydrogen (secondary N) is 1. The third kappa shape index (κ3) is 3.95. The lowest BCUT2D eigenvalue weighted by Gasteiger charge is -2.17. The molecule has 2 aromatic carbocycles. The third-order valence-corrected chi connectivity index (χ3v) is 3.91. The number of hydrogen-bond acceptors (Lipinski definition) is 5. The Bertz CT molecular complexity index is 865. The Morgan fingerprint density at radius 3 is 2.68 bits per heavy atom. The lowest BCUT2D eigenvalue weighted by molar-refractivity contribution is -0.122. The van der Waals surface area contributed by atoms with Crippen molar-refractivity contribution in [3.05, 3.63) is 59.4 Å². The van der Waals surface area contributed by atoms with Crippen LogP contribution in [0, 0.1) is 6.92 Å². The smallest absolute Gasteiger partial charge is 0.265 e. The largest absolute Gasteiger partial charge is 0.481 e. The summed E-state index contributed by atoms with van der Waals surface area (Å²) in [6.07, 6.45) is 0.831. The molecule has 0 saturated carbocycles. The molecular formula is C17H16ClN5O2. The summed E-state index contributed by atoms with van der Waals surface area (Å²) in [5.74, 6) is 0.318. The van der Waals surface area contributed by atoms with Crippen molar-refractivity contribution < 1.29 is 9.53 Å². The molecule has 0 radical (unpaired) electrons. The second kappa shape index (κ2) is 7.31. The van der Waals surface area contributed by atoms with Gasteiger partial charge >= 0.3 is 0 Å². The lowest BCUT2D eigenvalue weighted by atomic mass is 10.1. The predicted molar refractivity (Wildman–Crippen MR) is 94.1 cm³/mol. The van der Waals surface area contributed by atoms with E-state index in [1.54, 1.807) is 35.9 Å². The summed E-state index contributed by atoms with van der Waals surface area (Å²) in [4.78, 5) is 12.4. The molecule has 3 rings (SSSR count). The minimum absolute atomic E-state index is 0.257. The molecule has 0 unspecified atom stereocenters. The van der Waals surface area contributed by atoms with Gasteiger partial charge in [-0.25, -0.2) is 4.68 Å². The van der Waals surface area contributed by atoms with Crippen molar-refractivity contribution in [2.75, 3.05) is 5.32 Å². The molecule has 3 aromatic rings. The number of anilines is 1. The zero-order valence-corrected chi connectivity index (χ0v) is 14.4. The van der Waals surface area contributed by atoms with E-state index in [0.717, 1.165) is 11.3 Å². The summed E-state index contributed by atoms with van der Waals surface area (Å²) in [6, 6.07) is 12.4. The van der Waals surface area contributed by atoms with E-state index in [4.69, 9.17) is 16.3 Å². The molecule has 1 N–H and O–H groups in total. The number of tetrazole rings is 1. The molecule has 0 aliphatic heterocycles. The molecule has 128 valence electrons. The fraction of sp³-hybridized carbons (Fsp3) is 0.176. The van der Waals surface area contributed by atoms with Gasteiger partial charge in [0.1, 0.15) is 12.1 Å². The van der Waals surface area contributed by atoms with Gasteiger partial charge in [0.15, 0.2) is 6.10 Å². The summed E-state index contributed by atoms with van der Waals surface area (Å²) in [5.41, 5.74) is 2.31. The summed E-state index contributed by atoms with van der Waals surface area (Å²) < 4.78 is 7.18. The maximum atomic E-state index is 12.4. The van der Waals surface area contributed by atoms with Gasteiger partial charge in [-0.2, -0.15) is 0 Å². The van der Waals surface area contributed by atoms with Crippen LogP contribution in [0.3, 0.4) is 0 Å². The molecule has 0 spiro atoms. The first kappa shape index (κ1) is 16.9. The van der Waals surface area contributed by atoms with Crippen LogP contribution in [0.5, 0.6) is 5.75 Å². The first-order valence-corrected chi connectivity index (χ1v) is 7.98. The van der Waals surface area contributed by atoms with E-state index in [2.05, 4.69) is 20.8 Å². The highest BCUT2D eigenvalue weighted by atomic mass is 35.5. The summed E-state index contributed by atoms with van der Waals surface area (Å²) in [7, 11) is 0. The fourth-order valence-corrected chi connectivity index (χ4v) is 2.41. The molecule has 1 amide bonds. The standard InChI is InChI=1S/C17H16ClN5O2/c1-11-15(4-3-5-16(11)23-10-19-21-22-23)20-17(24)12(2)25-14-8-6-13(18)7-9-14/h3-10,12H,1-2H3,(H,20,24)/t12-/m1/s1. The average molecular weight is 358 g/mol. The number of amides is 1. The molecule has 1 aromatic heterocycles. The van der Waals surface area contributed by atoms with Crippen molar-refractivity contribution in [2.45, 2.75) is 20.0 Å². The van der Waals surface area contributed by atoms with Crippen molar-refractivity contribution >= 4 is 23.2 Å². The number of aromatic nitrogens is 4. The average Bonchev–Trinajstić information content (AvgIpc) is 3.13. The lowest BCUT2D eigenvalue weighted by Crippen LogP contribution is -2.30. The SMILES string of the molecule is Cc1c(NC(=O)[C@@H](C)Oc2ccc(Cl)cc2)cccc1-n1cnnn1. The zero-order chi connectivity index (χ0) is 17.8. The molecule has 1 atom stereocenters. The fourth-order valence-electron chi connectivity index (χ4n) is 2.28. The molecule has 0 aliphatic carbocycles. The van der Waals surface area contributed by atoms with E-state index < -0.39 is 6.10 Å². The van der Waals surface area contributed by atoms with E-state index >= 15 is 0 Å². The summed E-state index contributed by atoms with van der Waals surface area (Å²) >= 11 is 5.84. The molecule has 0 saturated heterocycles. The highest BCUT2D eigenvalue weighted by molar-refractivity contribution is 6.30. The molecular weight excluding hydrogens is 342 g/mol. The summed E-state index contributed by atoms with van der Waals surface area (Å²) in [6.45, 7) is 3.57. The van der Waals surface area contributed by atoms with E-state index in [0.29, 0.717) is 16.5 Å². The topological polar surface area (TPSA) is 81.9 Å². The molecule has 0 fully saturated rings. The van der Waals surface area contributed by atoms with Crippen LogP contribution >= 0.6 is 11.6 Å². The minimum atomic E-state index is -0.669. The van der Waals surface area contributed by atoms with Crippen molar-refractivity contribution in [2.24, 2.45) is 0 Å². The minimum Gasteiger partial charge on any atom is -0.481 e. The van der Waals surface area contributed by atoms with Gasteiger partial charge < -0.3 is 10.1 Å². The van der Waals surface area contributed by atoms with Crippen molar-refractivity contribution in [1.82, 2.24) is 20.2 Å². The Hall–Kier alpha value is -2.93. The number of carbonyl (C=O) groups excluding carboxylic acids is 1. The molecule has 25 heavy (non-hydrogen) atoms. The highest BCUT2D eigenvalue weighted by Gasteiger charge is 2.17. The second-order valence-electron chi connectivity index (χ2n) is 5.41. The van der Waals surface area contributed by atoms with Crippen LogP contribution in [-0.4, -0.2) is 32.2 Å². The maximum Gasteiger partial charge on any atom is 0.265 e. The van der Waals surface area contributed by atoms with E-state index in [9.17, 15) is 4.79 Å². The van der Waals surface area contributed by atoms with Gasteiger partial charge in [0.2, 0.25) is 0 Å². The Labute approximate surface area is 149 Å². The highest BCUT2D eigenvalue weighted by Crippen LogP contribution is 2.22. The van der Waals surface area contributed by atoms with Crippen LogP contribution < -0.4 is 10.1 Å². The number of rotatable bonds is 5. The van der Waals surface area contributed by atoms with E-state index in [1.807, 2.05) is 25.1 Å². The summed E-state index contributed by atoms with van der Waals surface area (Å²) in [5, 5.41) is 14.6. The number of halogens is 1. The van der Waals surface area contributed by atoms with Gasteiger partial charge in [-0.1, -0.05) is 17.7 Å². The Balaban J connectivity index is 1.72. The number of nitrogens with zero attached hydrogens (tertiary/aromatic N) is 4. The predicted octanol–water partition coefficient (Wildman–Crippen LogP) is 3.03. The Morgan fingerprint density at radius 1 is 1.24 bits per heavy atom. The van der Waals surface area contributed by atoms with Crippen LogP contribution in [-0.2, 0) is 4.79 Å². The zero-order valence-electron chi connectivity index (χ0n) is 13.7. The normalized spacial score (nSPS) is 11.8. The monoisotopic (exact) mass is 357 g/mol. The van der Waals surface area contributed by atoms with Gasteiger partial charge in [0.05, 0.1) is 5.69 Å². The molecule has 0 aliphatic rings. The number of ether oxygens (including phenoxy) is 1. The second-order valence-corrected chi connectivity index (χ2v) is 5.84. The van der Waals surface area contributed by atoms with Gasteiger partial charge in [0, 0.05) is 10.7 Å². The van der Waals surface area contributed by atoms with Crippen molar-refractivity contribution in [1.29, 1.82) is 0 Å². The van der Waals surface area contributed by atoms with Gasteiger partial charge in [0.25, 0.3) is 5.91 Å². The van der Waals surface area contributed by atoms with Crippen molar-refractivity contribution in [3.8, 4) is 11.4 Å². The molecule has 0 bridgehead atoms. The van der Waals surface area contributed by atoms with E-state index in [1.165, 1.54) is 6.33 Å². The van der Waals surface area contributed by atoms with Crippen LogP contribution in [0.4, 0.5) is 5.69 Å². The van der Waals surface area contributed by atoms with Crippen molar-refractivity contribution in [3.63, 3.8) is 0 Å². The van der Waals surface area contributed by atoms with Gasteiger partial charge in [-0.15, -0.1) is 5.10 Å². The Morgan fingerprint density at radius 2 is 2.00 bits per heavy atom. The molecule has 8 heteroatoms. The first-order chi connectivity index (χ1) is 12.0. The van der Waals surface area contributed by atoms with Crippen LogP contribution in [0.25, 0.3) is 5.69 Å². The van der Waals surface area contributed by atoms with Gasteiger partial charge in [-0.05, 0) is 66.2 Å². The maximum absolute atomic E-state index is 12.4. The van der Waals surface area contributed by atoms with Crippen LogP contribution in [0.15, 0.2) is 48.8 Å².